The van der Waals surface area contributed by atoms with Crippen molar-refractivity contribution in [2.45, 2.75) is 25.8 Å². The number of ether oxygens (including phenoxy) is 1. The van der Waals surface area contributed by atoms with Crippen LogP contribution in [-0.4, -0.2) is 34.9 Å². The summed E-state index contributed by atoms with van der Waals surface area (Å²) in [5.74, 6) is -0.861. The van der Waals surface area contributed by atoms with Gasteiger partial charge in [-0.3, -0.25) is 19.9 Å². The highest BCUT2D eigenvalue weighted by Gasteiger charge is 2.14. The van der Waals surface area contributed by atoms with Gasteiger partial charge in [0, 0.05) is 24.4 Å². The molecule has 22 heavy (non-hydrogen) atoms. The molecule has 0 fully saturated rings. The lowest BCUT2D eigenvalue weighted by Crippen LogP contribution is -2.32. The van der Waals surface area contributed by atoms with Gasteiger partial charge in [0.1, 0.15) is 6.20 Å². The van der Waals surface area contributed by atoms with E-state index in [9.17, 15) is 19.7 Å². The number of nitrogens with zero attached hydrogens (tertiary/aromatic N) is 2. The highest BCUT2D eigenvalue weighted by molar-refractivity contribution is 5.94. The van der Waals surface area contributed by atoms with Crippen LogP contribution in [0.5, 0.6) is 0 Å². The lowest BCUT2D eigenvalue weighted by molar-refractivity contribution is -0.385. The van der Waals surface area contributed by atoms with E-state index in [1.807, 2.05) is 0 Å². The average Bonchev–Trinajstić information content (AvgIpc) is 2.51. The number of esters is 1. The van der Waals surface area contributed by atoms with Crippen molar-refractivity contribution in [3.8, 4) is 0 Å². The van der Waals surface area contributed by atoms with Gasteiger partial charge >= 0.3 is 5.97 Å². The van der Waals surface area contributed by atoms with E-state index in [0.29, 0.717) is 12.8 Å². The van der Waals surface area contributed by atoms with E-state index >= 15 is 0 Å². The normalized spacial score (nSPS) is 11.9. The van der Waals surface area contributed by atoms with Crippen LogP contribution < -0.4 is 5.32 Å². The van der Waals surface area contributed by atoms with Crippen molar-refractivity contribution in [1.82, 2.24) is 10.3 Å². The van der Waals surface area contributed by atoms with Crippen LogP contribution in [0.25, 0.3) is 0 Å². The monoisotopic (exact) mass is 307 g/mol. The predicted molar refractivity (Wildman–Crippen MR) is 78.2 cm³/mol. The Hall–Kier alpha value is -2.77. The summed E-state index contributed by atoms with van der Waals surface area (Å²) in [6.07, 6.45) is 6.53. The smallest absolute Gasteiger partial charge is 0.330 e. The highest BCUT2D eigenvalue weighted by Crippen LogP contribution is 2.11. The third-order valence-corrected chi connectivity index (χ3v) is 2.80. The van der Waals surface area contributed by atoms with Crippen LogP contribution in [-0.2, 0) is 9.53 Å². The summed E-state index contributed by atoms with van der Waals surface area (Å²) in [5.41, 5.74) is -0.104. The topological polar surface area (TPSA) is 111 Å². The molecule has 0 bridgehead atoms. The van der Waals surface area contributed by atoms with Crippen LogP contribution in [0, 0.1) is 10.1 Å². The Morgan fingerprint density at radius 3 is 2.86 bits per heavy atom. The third kappa shape index (κ3) is 5.70. The molecule has 8 nitrogen and oxygen atoms in total. The van der Waals surface area contributed by atoms with Crippen LogP contribution >= 0.6 is 0 Å². The van der Waals surface area contributed by atoms with Crippen molar-refractivity contribution in [3.63, 3.8) is 0 Å². The van der Waals surface area contributed by atoms with Gasteiger partial charge in [-0.25, -0.2) is 4.79 Å². The molecule has 1 rings (SSSR count). The second-order valence-corrected chi connectivity index (χ2v) is 4.57. The summed E-state index contributed by atoms with van der Waals surface area (Å²) in [6, 6.07) is 1.01. The van der Waals surface area contributed by atoms with Crippen LogP contribution in [0.4, 0.5) is 5.69 Å². The van der Waals surface area contributed by atoms with Crippen molar-refractivity contribution < 1.29 is 19.2 Å². The van der Waals surface area contributed by atoms with Crippen molar-refractivity contribution >= 4 is 17.6 Å². The fourth-order valence-electron chi connectivity index (χ4n) is 1.62. The fourth-order valence-corrected chi connectivity index (χ4v) is 1.62. The van der Waals surface area contributed by atoms with Gasteiger partial charge in [0.2, 0.25) is 0 Å². The number of aromatic nitrogens is 1. The van der Waals surface area contributed by atoms with Gasteiger partial charge in [-0.05, 0) is 19.8 Å². The van der Waals surface area contributed by atoms with Crippen molar-refractivity contribution in [2.24, 2.45) is 0 Å². The third-order valence-electron chi connectivity index (χ3n) is 2.80. The minimum Gasteiger partial charge on any atom is -0.466 e. The second kappa shape index (κ2) is 8.50. The summed E-state index contributed by atoms with van der Waals surface area (Å²) in [7, 11) is 1.29. The number of hydrogen-bond acceptors (Lipinski definition) is 6. The first-order chi connectivity index (χ1) is 10.4. The molecule has 0 saturated heterocycles. The molecular weight excluding hydrogens is 290 g/mol. The molecule has 0 unspecified atom stereocenters. The molecule has 1 N–H and O–H groups in total. The Bertz CT molecular complexity index is 586. The molecule has 0 aliphatic rings. The lowest BCUT2D eigenvalue weighted by atomic mass is 10.1. The minimum atomic E-state index is -0.606. The SMILES string of the molecule is COC(=O)/C=C/CC[C@@H](C)NC(=O)c1cncc([N+](=O)[O-])c1. The maximum atomic E-state index is 12.0. The van der Waals surface area contributed by atoms with Crippen LogP contribution in [0.15, 0.2) is 30.6 Å². The molecule has 1 aromatic rings. The van der Waals surface area contributed by atoms with Gasteiger partial charge in [0.25, 0.3) is 11.6 Å². The van der Waals surface area contributed by atoms with E-state index < -0.39 is 16.8 Å². The number of amides is 1. The number of rotatable bonds is 7. The number of methoxy groups -OCH3 is 1. The van der Waals surface area contributed by atoms with Gasteiger partial charge in [0.15, 0.2) is 0 Å². The van der Waals surface area contributed by atoms with Gasteiger partial charge in [-0.1, -0.05) is 6.08 Å². The van der Waals surface area contributed by atoms with Crippen LogP contribution in [0.3, 0.4) is 0 Å². The van der Waals surface area contributed by atoms with Crippen LogP contribution in [0.1, 0.15) is 30.1 Å². The summed E-state index contributed by atoms with van der Waals surface area (Å²) < 4.78 is 4.45. The van der Waals surface area contributed by atoms with Gasteiger partial charge < -0.3 is 10.1 Å². The molecule has 8 heteroatoms. The first-order valence-corrected chi connectivity index (χ1v) is 6.59. The molecule has 0 spiro atoms. The zero-order valence-corrected chi connectivity index (χ0v) is 12.3. The number of allylic oxidation sites excluding steroid dienone is 1. The summed E-state index contributed by atoms with van der Waals surface area (Å²) in [4.78, 5) is 36.5. The van der Waals surface area contributed by atoms with Crippen molar-refractivity contribution in [1.29, 1.82) is 0 Å². The molecule has 1 atom stereocenters. The molecule has 1 heterocycles. The zero-order chi connectivity index (χ0) is 16.5. The van der Waals surface area contributed by atoms with E-state index in [0.717, 1.165) is 6.20 Å². The molecule has 0 radical (unpaired) electrons. The van der Waals surface area contributed by atoms with E-state index in [1.165, 1.54) is 25.4 Å². The average molecular weight is 307 g/mol. The second-order valence-electron chi connectivity index (χ2n) is 4.57. The zero-order valence-electron chi connectivity index (χ0n) is 12.3. The first-order valence-electron chi connectivity index (χ1n) is 6.59. The highest BCUT2D eigenvalue weighted by atomic mass is 16.6. The van der Waals surface area contributed by atoms with E-state index in [-0.39, 0.29) is 17.3 Å². The minimum absolute atomic E-state index is 0.131. The van der Waals surface area contributed by atoms with E-state index in [1.54, 1.807) is 13.0 Å². The largest absolute Gasteiger partial charge is 0.466 e. The maximum Gasteiger partial charge on any atom is 0.330 e. The molecule has 0 aliphatic heterocycles. The summed E-state index contributed by atoms with van der Waals surface area (Å²) >= 11 is 0. The van der Waals surface area contributed by atoms with Crippen molar-refractivity contribution in [3.05, 3.63) is 46.3 Å². The number of nitrogens with one attached hydrogen (secondary N) is 1. The maximum absolute atomic E-state index is 12.0. The standard InChI is InChI=1S/C14H17N3O5/c1-10(5-3-4-6-13(18)22-2)16-14(19)11-7-12(17(20)21)9-15-8-11/h4,6-10H,3,5H2,1-2H3,(H,16,19)/b6-4+/t10-/m1/s1. The fraction of sp³-hybridized carbons (Fsp3) is 0.357. The molecule has 1 amide bonds. The Morgan fingerprint density at radius 2 is 2.23 bits per heavy atom. The number of hydrogen-bond donors (Lipinski definition) is 1. The number of pyridine rings is 1. The van der Waals surface area contributed by atoms with Gasteiger partial charge in [0.05, 0.1) is 17.6 Å². The first kappa shape index (κ1) is 17.3. The molecule has 0 aromatic carbocycles. The Kier molecular flexibility index (Phi) is 6.68. The van der Waals surface area contributed by atoms with E-state index in [4.69, 9.17) is 0 Å². The molecule has 118 valence electrons. The number of carbonyl (C=O) groups is 2. The van der Waals surface area contributed by atoms with Gasteiger partial charge in [-0.15, -0.1) is 0 Å². The lowest BCUT2D eigenvalue weighted by Gasteiger charge is -2.12. The number of nitro groups is 1. The Labute approximate surface area is 127 Å². The van der Waals surface area contributed by atoms with Crippen molar-refractivity contribution in [2.75, 3.05) is 7.11 Å². The Balaban J connectivity index is 2.50. The summed E-state index contributed by atoms with van der Waals surface area (Å²) in [5, 5.41) is 13.4. The Morgan fingerprint density at radius 1 is 1.50 bits per heavy atom. The number of carbonyl (C=O) groups excluding carboxylic acids is 2. The summed E-state index contributed by atoms with van der Waals surface area (Å²) in [6.45, 7) is 1.80. The predicted octanol–water partition coefficient (Wildman–Crippen LogP) is 1.62. The molecular formula is C14H17N3O5. The van der Waals surface area contributed by atoms with Crippen LogP contribution in [0.2, 0.25) is 0 Å². The molecule has 1 aromatic heterocycles. The van der Waals surface area contributed by atoms with Gasteiger partial charge in [-0.2, -0.15) is 0 Å². The quantitative estimate of drug-likeness (QED) is 0.354. The molecule has 0 saturated carbocycles. The molecule has 0 aliphatic carbocycles. The van der Waals surface area contributed by atoms with E-state index in [2.05, 4.69) is 15.0 Å².